The largest absolute Gasteiger partial charge is 0.459 e. The molecule has 0 aromatic heterocycles. The van der Waals surface area contributed by atoms with Crippen molar-refractivity contribution in [2.75, 3.05) is 13.1 Å². The summed E-state index contributed by atoms with van der Waals surface area (Å²) in [5.74, 6) is -0.187. The lowest BCUT2D eigenvalue weighted by atomic mass is 10.0. The highest BCUT2D eigenvalue weighted by Crippen LogP contribution is 2.23. The van der Waals surface area contributed by atoms with Crippen molar-refractivity contribution in [3.8, 4) is 0 Å². The lowest BCUT2D eigenvalue weighted by Gasteiger charge is -2.43. The minimum Gasteiger partial charge on any atom is -0.459 e. The molecule has 0 saturated carbocycles. The predicted molar refractivity (Wildman–Crippen MR) is 81.9 cm³/mol. The summed E-state index contributed by atoms with van der Waals surface area (Å²) in [5, 5.41) is 0. The van der Waals surface area contributed by atoms with E-state index >= 15 is 0 Å². The molecule has 1 aliphatic rings. The molecule has 4 nitrogen and oxygen atoms in total. The first-order valence-electron chi connectivity index (χ1n) is 7.51. The van der Waals surface area contributed by atoms with Gasteiger partial charge in [0, 0.05) is 13.1 Å². The molecule has 0 bridgehead atoms. The first-order valence-corrected chi connectivity index (χ1v) is 7.51. The third-order valence-corrected chi connectivity index (χ3v) is 3.92. The van der Waals surface area contributed by atoms with Gasteiger partial charge in [-0.25, -0.2) is 0 Å². The lowest BCUT2D eigenvalue weighted by Crippen LogP contribution is -2.58. The van der Waals surface area contributed by atoms with Crippen molar-refractivity contribution in [1.82, 2.24) is 4.90 Å². The van der Waals surface area contributed by atoms with E-state index < -0.39 is 5.54 Å². The maximum Gasteiger partial charge on any atom is 0.326 e. The number of ether oxygens (including phenoxy) is 2. The number of nitrogens with zero attached hydrogens (tertiary/aromatic N) is 1. The standard InChI is InChI=1S/C17H25NO3/c1-13-10-18(11-14(2)21-13)17(3,4)16(19)20-12-15-8-6-5-7-9-15/h5-9,13-14H,10-12H2,1-4H3/t13-,14?/m0/s1. The molecule has 2 rings (SSSR count). The van der Waals surface area contributed by atoms with Gasteiger partial charge in [-0.15, -0.1) is 0 Å². The minimum absolute atomic E-state index is 0.134. The summed E-state index contributed by atoms with van der Waals surface area (Å²) < 4.78 is 11.2. The number of carbonyl (C=O) groups is 1. The Hall–Kier alpha value is -1.39. The van der Waals surface area contributed by atoms with E-state index in [0.717, 1.165) is 18.7 Å². The Morgan fingerprint density at radius 2 is 1.81 bits per heavy atom. The summed E-state index contributed by atoms with van der Waals surface area (Å²) in [6.45, 7) is 9.73. The van der Waals surface area contributed by atoms with Crippen molar-refractivity contribution in [2.24, 2.45) is 0 Å². The summed E-state index contributed by atoms with van der Waals surface area (Å²) >= 11 is 0. The van der Waals surface area contributed by atoms with Gasteiger partial charge in [-0.2, -0.15) is 0 Å². The maximum atomic E-state index is 12.4. The third-order valence-electron chi connectivity index (χ3n) is 3.92. The van der Waals surface area contributed by atoms with Crippen LogP contribution in [0.15, 0.2) is 30.3 Å². The molecule has 0 radical (unpaired) electrons. The zero-order chi connectivity index (χ0) is 15.5. The average Bonchev–Trinajstić information content (AvgIpc) is 2.44. The molecular formula is C17H25NO3. The first kappa shape index (κ1) is 16.0. The monoisotopic (exact) mass is 291 g/mol. The van der Waals surface area contributed by atoms with E-state index in [1.165, 1.54) is 0 Å². The van der Waals surface area contributed by atoms with Gasteiger partial charge in [-0.05, 0) is 33.3 Å². The van der Waals surface area contributed by atoms with Crippen LogP contribution < -0.4 is 0 Å². The molecule has 0 amide bonds. The Bertz CT molecular complexity index is 462. The van der Waals surface area contributed by atoms with Gasteiger partial charge in [0.1, 0.15) is 12.1 Å². The summed E-state index contributed by atoms with van der Waals surface area (Å²) in [6, 6.07) is 9.75. The Labute approximate surface area is 127 Å². The van der Waals surface area contributed by atoms with Crippen LogP contribution >= 0.6 is 0 Å². The molecule has 1 aliphatic heterocycles. The van der Waals surface area contributed by atoms with Crippen LogP contribution in [0.4, 0.5) is 0 Å². The highest BCUT2D eigenvalue weighted by Gasteiger charge is 2.39. The van der Waals surface area contributed by atoms with E-state index in [1.807, 2.05) is 58.0 Å². The number of hydrogen-bond donors (Lipinski definition) is 0. The molecule has 21 heavy (non-hydrogen) atoms. The SMILES string of the molecule is CC1CN(C(C)(C)C(=O)OCc2ccccc2)C[C@H](C)O1. The van der Waals surface area contributed by atoms with E-state index in [2.05, 4.69) is 4.90 Å². The highest BCUT2D eigenvalue weighted by molar-refractivity contribution is 5.79. The Balaban J connectivity index is 1.96. The molecule has 116 valence electrons. The second-order valence-corrected chi connectivity index (χ2v) is 6.28. The fourth-order valence-corrected chi connectivity index (χ4v) is 2.66. The van der Waals surface area contributed by atoms with Crippen LogP contribution in [0.25, 0.3) is 0 Å². The lowest BCUT2D eigenvalue weighted by molar-refractivity contribution is -0.165. The molecule has 4 heteroatoms. The maximum absolute atomic E-state index is 12.4. The molecule has 0 aliphatic carbocycles. The Morgan fingerprint density at radius 1 is 1.24 bits per heavy atom. The van der Waals surface area contributed by atoms with Gasteiger partial charge < -0.3 is 9.47 Å². The van der Waals surface area contributed by atoms with Crippen LogP contribution in [0.2, 0.25) is 0 Å². The number of carbonyl (C=O) groups excluding carboxylic acids is 1. The number of benzene rings is 1. The third kappa shape index (κ3) is 4.05. The molecule has 1 unspecified atom stereocenters. The van der Waals surface area contributed by atoms with Crippen molar-refractivity contribution in [2.45, 2.75) is 52.0 Å². The van der Waals surface area contributed by atoms with Gasteiger partial charge in [0.25, 0.3) is 0 Å². The van der Waals surface area contributed by atoms with Crippen LogP contribution in [0.5, 0.6) is 0 Å². The van der Waals surface area contributed by atoms with Crippen molar-refractivity contribution < 1.29 is 14.3 Å². The fourth-order valence-electron chi connectivity index (χ4n) is 2.66. The van der Waals surface area contributed by atoms with Gasteiger partial charge in [0.05, 0.1) is 12.2 Å². The number of esters is 1. The van der Waals surface area contributed by atoms with Crippen molar-refractivity contribution in [3.63, 3.8) is 0 Å². The smallest absolute Gasteiger partial charge is 0.326 e. The summed E-state index contributed by atoms with van der Waals surface area (Å²) in [6.07, 6.45) is 0.268. The van der Waals surface area contributed by atoms with E-state index in [1.54, 1.807) is 0 Å². The molecule has 1 aromatic rings. The Morgan fingerprint density at radius 3 is 2.38 bits per heavy atom. The highest BCUT2D eigenvalue weighted by atomic mass is 16.5. The zero-order valence-electron chi connectivity index (χ0n) is 13.3. The van der Waals surface area contributed by atoms with Crippen LogP contribution in [0, 0.1) is 0 Å². The molecule has 1 aromatic carbocycles. The first-order chi connectivity index (χ1) is 9.89. The van der Waals surface area contributed by atoms with E-state index in [0.29, 0.717) is 6.61 Å². The van der Waals surface area contributed by atoms with Gasteiger partial charge in [-0.1, -0.05) is 30.3 Å². The van der Waals surface area contributed by atoms with Crippen LogP contribution in [0.3, 0.4) is 0 Å². The minimum atomic E-state index is -0.638. The molecule has 0 N–H and O–H groups in total. The van der Waals surface area contributed by atoms with Gasteiger partial charge in [0.15, 0.2) is 0 Å². The summed E-state index contributed by atoms with van der Waals surface area (Å²) in [5.41, 5.74) is 0.367. The molecule has 1 saturated heterocycles. The summed E-state index contributed by atoms with van der Waals surface area (Å²) in [7, 11) is 0. The zero-order valence-corrected chi connectivity index (χ0v) is 13.3. The fraction of sp³-hybridized carbons (Fsp3) is 0.588. The molecule has 0 spiro atoms. The van der Waals surface area contributed by atoms with Crippen molar-refractivity contribution in [1.29, 1.82) is 0 Å². The number of morpholine rings is 1. The summed E-state index contributed by atoms with van der Waals surface area (Å²) in [4.78, 5) is 14.6. The molecule has 2 atom stereocenters. The molecule has 1 heterocycles. The second kappa shape index (κ2) is 6.58. The van der Waals surface area contributed by atoms with Crippen LogP contribution in [-0.2, 0) is 20.9 Å². The predicted octanol–water partition coefficient (Wildman–Crippen LogP) is 2.62. The van der Waals surface area contributed by atoms with Crippen molar-refractivity contribution >= 4 is 5.97 Å². The second-order valence-electron chi connectivity index (χ2n) is 6.28. The number of hydrogen-bond acceptors (Lipinski definition) is 4. The normalized spacial score (nSPS) is 23.8. The quantitative estimate of drug-likeness (QED) is 0.799. The number of rotatable bonds is 4. The average molecular weight is 291 g/mol. The van der Waals surface area contributed by atoms with Crippen LogP contribution in [0.1, 0.15) is 33.3 Å². The van der Waals surface area contributed by atoms with E-state index in [9.17, 15) is 4.79 Å². The molecular weight excluding hydrogens is 266 g/mol. The van der Waals surface area contributed by atoms with E-state index in [4.69, 9.17) is 9.47 Å². The van der Waals surface area contributed by atoms with Crippen LogP contribution in [-0.4, -0.2) is 41.7 Å². The van der Waals surface area contributed by atoms with Gasteiger partial charge in [0.2, 0.25) is 0 Å². The topological polar surface area (TPSA) is 38.8 Å². The van der Waals surface area contributed by atoms with Gasteiger partial charge >= 0.3 is 5.97 Å². The molecule has 1 fully saturated rings. The van der Waals surface area contributed by atoms with E-state index in [-0.39, 0.29) is 18.2 Å². The van der Waals surface area contributed by atoms with Crippen molar-refractivity contribution in [3.05, 3.63) is 35.9 Å². The Kier molecular flexibility index (Phi) is 5.01. The van der Waals surface area contributed by atoms with Gasteiger partial charge in [-0.3, -0.25) is 9.69 Å².